The summed E-state index contributed by atoms with van der Waals surface area (Å²) < 4.78 is 7.16. The van der Waals surface area contributed by atoms with Gasteiger partial charge in [-0.05, 0) is 11.5 Å². The minimum absolute atomic E-state index is 0.453. The van der Waals surface area contributed by atoms with E-state index < -0.39 is 0 Å². The number of aromatic nitrogens is 2. The van der Waals surface area contributed by atoms with Crippen LogP contribution in [0.5, 0.6) is 0 Å². The molecule has 0 aliphatic rings. The number of hydrogen-bond donors (Lipinski definition) is 1. The fourth-order valence-corrected chi connectivity index (χ4v) is 1.99. The minimum Gasteiger partial charge on any atom is -0.383 e. The summed E-state index contributed by atoms with van der Waals surface area (Å²) >= 11 is 0. The van der Waals surface area contributed by atoms with Crippen LogP contribution in [0.15, 0.2) is 42.7 Å². The van der Waals surface area contributed by atoms with Crippen LogP contribution in [0.3, 0.4) is 0 Å². The molecule has 1 N–H and O–H groups in total. The van der Waals surface area contributed by atoms with Gasteiger partial charge in [0, 0.05) is 32.6 Å². The van der Waals surface area contributed by atoms with Gasteiger partial charge in [-0.2, -0.15) is 0 Å². The quantitative estimate of drug-likeness (QED) is 0.831. The van der Waals surface area contributed by atoms with E-state index >= 15 is 0 Å². The lowest BCUT2D eigenvalue weighted by Gasteiger charge is -2.14. The van der Waals surface area contributed by atoms with Gasteiger partial charge in [0.05, 0.1) is 6.61 Å². The normalized spacial score (nSPS) is 12.3. The summed E-state index contributed by atoms with van der Waals surface area (Å²) in [4.78, 5) is 4.33. The van der Waals surface area contributed by atoms with Crippen LogP contribution in [0.25, 0.3) is 0 Å². The van der Waals surface area contributed by atoms with Crippen LogP contribution < -0.4 is 5.32 Å². The SMILES string of the molecule is COCCn1ccnc1NCC(C)c1ccccc1. The van der Waals surface area contributed by atoms with Crippen LogP contribution in [-0.2, 0) is 11.3 Å². The van der Waals surface area contributed by atoms with E-state index in [4.69, 9.17) is 4.74 Å². The largest absolute Gasteiger partial charge is 0.383 e. The van der Waals surface area contributed by atoms with E-state index in [-0.39, 0.29) is 0 Å². The smallest absolute Gasteiger partial charge is 0.202 e. The molecule has 0 aliphatic heterocycles. The first kappa shape index (κ1) is 13.6. The number of benzene rings is 1. The molecule has 1 aromatic carbocycles. The Labute approximate surface area is 114 Å². The molecule has 0 aliphatic carbocycles. The average molecular weight is 259 g/mol. The van der Waals surface area contributed by atoms with Crippen molar-refractivity contribution in [2.24, 2.45) is 0 Å². The zero-order valence-corrected chi connectivity index (χ0v) is 11.5. The van der Waals surface area contributed by atoms with Crippen LogP contribution in [0.2, 0.25) is 0 Å². The van der Waals surface area contributed by atoms with E-state index in [0.29, 0.717) is 12.5 Å². The molecule has 0 spiro atoms. The van der Waals surface area contributed by atoms with Gasteiger partial charge in [0.25, 0.3) is 0 Å². The summed E-state index contributed by atoms with van der Waals surface area (Å²) in [5.74, 6) is 1.36. The Morgan fingerprint density at radius 1 is 1.32 bits per heavy atom. The Morgan fingerprint density at radius 2 is 2.11 bits per heavy atom. The van der Waals surface area contributed by atoms with Gasteiger partial charge in [-0.25, -0.2) is 4.98 Å². The van der Waals surface area contributed by atoms with Crippen LogP contribution in [0.4, 0.5) is 5.95 Å². The highest BCUT2D eigenvalue weighted by Gasteiger charge is 2.07. The zero-order chi connectivity index (χ0) is 13.5. The van der Waals surface area contributed by atoms with Crippen molar-refractivity contribution in [3.05, 3.63) is 48.3 Å². The van der Waals surface area contributed by atoms with E-state index in [1.54, 1.807) is 7.11 Å². The molecule has 0 saturated heterocycles. The van der Waals surface area contributed by atoms with Crippen molar-refractivity contribution >= 4 is 5.95 Å². The van der Waals surface area contributed by atoms with Crippen LogP contribution in [0, 0.1) is 0 Å². The van der Waals surface area contributed by atoms with Gasteiger partial charge in [-0.1, -0.05) is 37.3 Å². The fraction of sp³-hybridized carbons (Fsp3) is 0.400. The first-order chi connectivity index (χ1) is 9.31. The number of nitrogens with one attached hydrogen (secondary N) is 1. The van der Waals surface area contributed by atoms with E-state index in [0.717, 1.165) is 19.0 Å². The summed E-state index contributed by atoms with van der Waals surface area (Å²) in [5, 5.41) is 3.40. The summed E-state index contributed by atoms with van der Waals surface area (Å²) in [5.41, 5.74) is 1.34. The van der Waals surface area contributed by atoms with Gasteiger partial charge in [0.15, 0.2) is 0 Å². The second-order valence-electron chi connectivity index (χ2n) is 4.63. The lowest BCUT2D eigenvalue weighted by Crippen LogP contribution is -2.14. The van der Waals surface area contributed by atoms with Gasteiger partial charge in [-0.3, -0.25) is 0 Å². The van der Waals surface area contributed by atoms with Gasteiger partial charge in [0.1, 0.15) is 0 Å². The molecule has 4 nitrogen and oxygen atoms in total. The topological polar surface area (TPSA) is 39.1 Å². The van der Waals surface area contributed by atoms with Crippen LogP contribution in [0.1, 0.15) is 18.4 Å². The van der Waals surface area contributed by atoms with Crippen molar-refractivity contribution in [1.29, 1.82) is 0 Å². The van der Waals surface area contributed by atoms with Crippen molar-refractivity contribution in [2.45, 2.75) is 19.4 Å². The number of imidazole rings is 1. The highest BCUT2D eigenvalue weighted by Crippen LogP contribution is 2.15. The summed E-state index contributed by atoms with van der Waals surface area (Å²) in [7, 11) is 1.71. The molecule has 1 aromatic heterocycles. The van der Waals surface area contributed by atoms with Crippen LogP contribution >= 0.6 is 0 Å². The molecule has 102 valence electrons. The Balaban J connectivity index is 1.90. The van der Waals surface area contributed by atoms with Crippen molar-refractivity contribution in [1.82, 2.24) is 9.55 Å². The molecular weight excluding hydrogens is 238 g/mol. The van der Waals surface area contributed by atoms with Crippen molar-refractivity contribution in [3.8, 4) is 0 Å². The highest BCUT2D eigenvalue weighted by atomic mass is 16.5. The third kappa shape index (κ3) is 3.83. The second-order valence-corrected chi connectivity index (χ2v) is 4.63. The molecule has 0 saturated carbocycles. The molecule has 2 rings (SSSR count). The number of ether oxygens (including phenoxy) is 1. The van der Waals surface area contributed by atoms with Crippen molar-refractivity contribution in [3.63, 3.8) is 0 Å². The second kappa shape index (κ2) is 6.95. The maximum Gasteiger partial charge on any atom is 0.202 e. The number of nitrogens with zero attached hydrogens (tertiary/aromatic N) is 2. The van der Waals surface area contributed by atoms with Gasteiger partial charge >= 0.3 is 0 Å². The predicted molar refractivity (Wildman–Crippen MR) is 77.4 cm³/mol. The third-order valence-corrected chi connectivity index (χ3v) is 3.19. The number of anilines is 1. The first-order valence-electron chi connectivity index (χ1n) is 6.60. The molecule has 0 radical (unpaired) electrons. The Kier molecular flexibility index (Phi) is 4.98. The molecule has 1 unspecified atom stereocenters. The third-order valence-electron chi connectivity index (χ3n) is 3.19. The fourth-order valence-electron chi connectivity index (χ4n) is 1.99. The molecular formula is C15H21N3O. The molecule has 4 heteroatoms. The zero-order valence-electron chi connectivity index (χ0n) is 11.5. The Bertz CT molecular complexity index is 481. The maximum absolute atomic E-state index is 5.09. The minimum atomic E-state index is 0.453. The average Bonchev–Trinajstić information content (AvgIpc) is 2.91. The molecule has 1 heterocycles. The summed E-state index contributed by atoms with van der Waals surface area (Å²) in [6.07, 6.45) is 3.78. The van der Waals surface area contributed by atoms with Crippen LogP contribution in [-0.4, -0.2) is 29.8 Å². The van der Waals surface area contributed by atoms with E-state index in [9.17, 15) is 0 Å². The number of methoxy groups -OCH3 is 1. The first-order valence-corrected chi connectivity index (χ1v) is 6.60. The lowest BCUT2D eigenvalue weighted by atomic mass is 10.0. The monoisotopic (exact) mass is 259 g/mol. The summed E-state index contributed by atoms with van der Waals surface area (Å²) in [6.45, 7) is 4.59. The maximum atomic E-state index is 5.09. The number of rotatable bonds is 7. The van der Waals surface area contributed by atoms with E-state index in [2.05, 4.69) is 46.1 Å². The number of hydrogen-bond acceptors (Lipinski definition) is 3. The molecule has 0 fully saturated rings. The van der Waals surface area contributed by atoms with Gasteiger partial charge in [-0.15, -0.1) is 0 Å². The van der Waals surface area contributed by atoms with E-state index in [1.807, 2.05) is 18.5 Å². The summed E-state index contributed by atoms with van der Waals surface area (Å²) in [6, 6.07) is 10.5. The molecule has 19 heavy (non-hydrogen) atoms. The Hall–Kier alpha value is -1.81. The molecule has 2 aromatic rings. The van der Waals surface area contributed by atoms with Gasteiger partial charge < -0.3 is 14.6 Å². The lowest BCUT2D eigenvalue weighted by molar-refractivity contribution is 0.187. The predicted octanol–water partition coefficient (Wildman–Crippen LogP) is 2.75. The Morgan fingerprint density at radius 3 is 2.84 bits per heavy atom. The molecule has 0 bridgehead atoms. The van der Waals surface area contributed by atoms with Crippen molar-refractivity contribution < 1.29 is 4.74 Å². The van der Waals surface area contributed by atoms with Crippen molar-refractivity contribution in [2.75, 3.05) is 25.6 Å². The van der Waals surface area contributed by atoms with Gasteiger partial charge in [0.2, 0.25) is 5.95 Å². The molecule has 1 atom stereocenters. The van der Waals surface area contributed by atoms with E-state index in [1.165, 1.54) is 5.56 Å². The highest BCUT2D eigenvalue weighted by molar-refractivity contribution is 5.28. The standard InChI is InChI=1S/C15H21N3O/c1-13(14-6-4-3-5-7-14)12-17-15-16-8-9-18(15)10-11-19-2/h3-9,13H,10-12H2,1-2H3,(H,16,17). The molecule has 0 amide bonds.